The fraction of sp³-hybridized carbons (Fsp3) is 0.333. The molecule has 0 spiro atoms. The monoisotopic (exact) mass is 270 g/mol. The van der Waals surface area contributed by atoms with Gasteiger partial charge in [-0.05, 0) is 24.6 Å². The molecule has 6 heteroatoms. The second-order valence-corrected chi connectivity index (χ2v) is 5.70. The molecule has 0 fully saturated rings. The van der Waals surface area contributed by atoms with E-state index < -0.39 is 15.8 Å². The van der Waals surface area contributed by atoms with Crippen molar-refractivity contribution in [2.45, 2.75) is 18.2 Å². The van der Waals surface area contributed by atoms with E-state index in [1.165, 1.54) is 6.07 Å². The number of rotatable bonds is 5. The fourth-order valence-electron chi connectivity index (χ4n) is 1.52. The summed E-state index contributed by atoms with van der Waals surface area (Å²) >= 11 is 0. The van der Waals surface area contributed by atoms with Crippen LogP contribution in [0.25, 0.3) is 0 Å². The van der Waals surface area contributed by atoms with Crippen LogP contribution in [0.15, 0.2) is 23.1 Å². The van der Waals surface area contributed by atoms with E-state index in [9.17, 15) is 12.8 Å². The lowest BCUT2D eigenvalue weighted by molar-refractivity contribution is 0.445. The van der Waals surface area contributed by atoms with Gasteiger partial charge in [-0.1, -0.05) is 12.8 Å². The van der Waals surface area contributed by atoms with Crippen LogP contribution in [-0.2, 0) is 10.0 Å². The second kappa shape index (κ2) is 5.85. The Bertz CT molecular complexity index is 544. The molecule has 0 atom stereocenters. The minimum Gasteiger partial charge on any atom is -0.399 e. The minimum atomic E-state index is -3.80. The van der Waals surface area contributed by atoms with E-state index in [1.54, 1.807) is 0 Å². The van der Waals surface area contributed by atoms with Crippen molar-refractivity contribution in [1.82, 2.24) is 4.31 Å². The average molecular weight is 270 g/mol. The molecule has 4 nitrogen and oxygen atoms in total. The predicted molar refractivity (Wildman–Crippen MR) is 68.7 cm³/mol. The Balaban J connectivity index is 3.22. The number of hydrogen-bond acceptors (Lipinski definition) is 3. The molecule has 0 unspecified atom stereocenters. The SMILES string of the molecule is C#CCN(CCC)S(=O)(=O)c1cc(N)cc(F)c1. The first-order valence-electron chi connectivity index (χ1n) is 5.41. The molecule has 0 radical (unpaired) electrons. The Hall–Kier alpha value is -1.58. The van der Waals surface area contributed by atoms with E-state index >= 15 is 0 Å². The van der Waals surface area contributed by atoms with Gasteiger partial charge in [0.25, 0.3) is 0 Å². The lowest BCUT2D eigenvalue weighted by Gasteiger charge is -2.19. The van der Waals surface area contributed by atoms with Crippen LogP contribution >= 0.6 is 0 Å². The molecular formula is C12H15FN2O2S. The van der Waals surface area contributed by atoms with Crippen LogP contribution in [0.5, 0.6) is 0 Å². The van der Waals surface area contributed by atoms with Crippen LogP contribution in [0.2, 0.25) is 0 Å². The highest BCUT2D eigenvalue weighted by atomic mass is 32.2. The van der Waals surface area contributed by atoms with E-state index in [4.69, 9.17) is 12.2 Å². The van der Waals surface area contributed by atoms with Crippen molar-refractivity contribution in [2.75, 3.05) is 18.8 Å². The third kappa shape index (κ3) is 3.22. The predicted octanol–water partition coefficient (Wildman–Crippen LogP) is 1.44. The normalized spacial score (nSPS) is 11.4. The van der Waals surface area contributed by atoms with Crippen LogP contribution in [0, 0.1) is 18.2 Å². The maximum atomic E-state index is 13.2. The van der Waals surface area contributed by atoms with Gasteiger partial charge in [-0.25, -0.2) is 12.8 Å². The molecule has 0 bridgehead atoms. The number of benzene rings is 1. The van der Waals surface area contributed by atoms with E-state index in [1.807, 2.05) is 6.92 Å². The number of terminal acetylenes is 1. The third-order valence-corrected chi connectivity index (χ3v) is 4.09. The first kappa shape index (κ1) is 14.5. The summed E-state index contributed by atoms with van der Waals surface area (Å²) in [5.74, 6) is 1.59. The van der Waals surface area contributed by atoms with Crippen molar-refractivity contribution in [3.63, 3.8) is 0 Å². The van der Waals surface area contributed by atoms with Crippen molar-refractivity contribution >= 4 is 15.7 Å². The van der Waals surface area contributed by atoms with Crippen molar-refractivity contribution in [3.8, 4) is 12.3 Å². The number of anilines is 1. The number of hydrogen-bond donors (Lipinski definition) is 1. The van der Waals surface area contributed by atoms with Gasteiger partial charge in [-0.15, -0.1) is 6.42 Å². The number of halogens is 1. The molecule has 0 heterocycles. The number of nitrogen functional groups attached to an aromatic ring is 1. The highest BCUT2D eigenvalue weighted by Crippen LogP contribution is 2.20. The summed E-state index contributed by atoms with van der Waals surface area (Å²) < 4.78 is 38.8. The molecule has 98 valence electrons. The molecule has 0 saturated carbocycles. The molecular weight excluding hydrogens is 255 g/mol. The number of nitrogens with zero attached hydrogens (tertiary/aromatic N) is 1. The van der Waals surface area contributed by atoms with Crippen LogP contribution in [0.1, 0.15) is 13.3 Å². The lowest BCUT2D eigenvalue weighted by Crippen LogP contribution is -2.32. The maximum Gasteiger partial charge on any atom is 0.244 e. The van der Waals surface area contributed by atoms with Gasteiger partial charge >= 0.3 is 0 Å². The maximum absolute atomic E-state index is 13.2. The second-order valence-electron chi connectivity index (χ2n) is 3.76. The topological polar surface area (TPSA) is 63.4 Å². The van der Waals surface area contributed by atoms with Crippen LogP contribution < -0.4 is 5.73 Å². The fourth-order valence-corrected chi connectivity index (χ4v) is 3.03. The third-order valence-electron chi connectivity index (χ3n) is 2.27. The van der Waals surface area contributed by atoms with Gasteiger partial charge in [0.2, 0.25) is 10.0 Å². The molecule has 0 aliphatic heterocycles. The summed E-state index contributed by atoms with van der Waals surface area (Å²) in [7, 11) is -3.80. The molecule has 1 aromatic carbocycles. The van der Waals surface area contributed by atoms with Crippen LogP contribution in [0.4, 0.5) is 10.1 Å². The summed E-state index contributed by atoms with van der Waals surface area (Å²) in [6.45, 7) is 2.06. The van der Waals surface area contributed by atoms with Gasteiger partial charge in [0.05, 0.1) is 11.4 Å². The highest BCUT2D eigenvalue weighted by molar-refractivity contribution is 7.89. The lowest BCUT2D eigenvalue weighted by atomic mass is 10.3. The van der Waals surface area contributed by atoms with Gasteiger partial charge in [0.1, 0.15) is 5.82 Å². The number of sulfonamides is 1. The van der Waals surface area contributed by atoms with E-state index in [0.717, 1.165) is 16.4 Å². The molecule has 0 aliphatic carbocycles. The van der Waals surface area contributed by atoms with Gasteiger partial charge in [0, 0.05) is 12.2 Å². The van der Waals surface area contributed by atoms with Crippen molar-refractivity contribution < 1.29 is 12.8 Å². The average Bonchev–Trinajstić information content (AvgIpc) is 2.27. The molecule has 2 N–H and O–H groups in total. The molecule has 18 heavy (non-hydrogen) atoms. The smallest absolute Gasteiger partial charge is 0.244 e. The Labute approximate surface area is 107 Å². The molecule has 0 saturated heterocycles. The van der Waals surface area contributed by atoms with Gasteiger partial charge in [-0.2, -0.15) is 4.31 Å². The quantitative estimate of drug-likeness (QED) is 0.650. The Morgan fingerprint density at radius 3 is 2.61 bits per heavy atom. The molecule has 1 aromatic rings. The summed E-state index contributed by atoms with van der Waals surface area (Å²) in [6.07, 6.45) is 5.76. The zero-order chi connectivity index (χ0) is 13.8. The van der Waals surface area contributed by atoms with E-state index in [-0.39, 0.29) is 23.7 Å². The molecule has 1 rings (SSSR count). The van der Waals surface area contributed by atoms with E-state index in [0.29, 0.717) is 6.42 Å². The summed E-state index contributed by atoms with van der Waals surface area (Å²) in [6, 6.07) is 3.22. The van der Waals surface area contributed by atoms with Crippen LogP contribution in [-0.4, -0.2) is 25.8 Å². The summed E-state index contributed by atoms with van der Waals surface area (Å²) in [5.41, 5.74) is 5.50. The van der Waals surface area contributed by atoms with Crippen molar-refractivity contribution in [1.29, 1.82) is 0 Å². The van der Waals surface area contributed by atoms with Crippen LogP contribution in [0.3, 0.4) is 0 Å². The zero-order valence-corrected chi connectivity index (χ0v) is 10.9. The first-order chi connectivity index (χ1) is 8.41. The number of nitrogens with two attached hydrogens (primary N) is 1. The van der Waals surface area contributed by atoms with Gasteiger partial charge in [0.15, 0.2) is 0 Å². The molecule has 0 aromatic heterocycles. The standard InChI is InChI=1S/C12H15FN2O2S/c1-3-5-15(6-4-2)18(16,17)12-8-10(13)7-11(14)9-12/h1,7-9H,4-6,14H2,2H3. The Morgan fingerprint density at radius 1 is 1.44 bits per heavy atom. The van der Waals surface area contributed by atoms with Crippen molar-refractivity contribution in [2.24, 2.45) is 0 Å². The first-order valence-corrected chi connectivity index (χ1v) is 6.85. The molecule has 0 aliphatic rings. The van der Waals surface area contributed by atoms with Gasteiger partial charge in [-0.3, -0.25) is 0 Å². The Morgan fingerprint density at radius 2 is 2.11 bits per heavy atom. The summed E-state index contributed by atoms with van der Waals surface area (Å²) in [4.78, 5) is -0.177. The van der Waals surface area contributed by atoms with E-state index in [2.05, 4.69) is 5.92 Å². The highest BCUT2D eigenvalue weighted by Gasteiger charge is 2.23. The van der Waals surface area contributed by atoms with Crippen molar-refractivity contribution in [3.05, 3.63) is 24.0 Å². The van der Waals surface area contributed by atoms with Gasteiger partial charge < -0.3 is 5.73 Å². The largest absolute Gasteiger partial charge is 0.399 e. The Kier molecular flexibility index (Phi) is 4.70. The minimum absolute atomic E-state index is 0.0490. The zero-order valence-electron chi connectivity index (χ0n) is 10.1. The molecule has 0 amide bonds. The summed E-state index contributed by atoms with van der Waals surface area (Å²) in [5, 5.41) is 0.